The lowest BCUT2D eigenvalue weighted by atomic mass is 10.1. The maximum absolute atomic E-state index is 13.6. The van der Waals surface area contributed by atoms with Crippen LogP contribution in [0.4, 0.5) is 5.69 Å². The van der Waals surface area contributed by atoms with Crippen molar-refractivity contribution < 1.29 is 18.0 Å². The van der Waals surface area contributed by atoms with Gasteiger partial charge in [-0.2, -0.15) is 0 Å². The Hall–Kier alpha value is -2.00. The van der Waals surface area contributed by atoms with Gasteiger partial charge in [-0.1, -0.05) is 66.8 Å². The second-order valence-corrected chi connectivity index (χ2v) is 11.4. The minimum Gasteiger partial charge on any atom is -0.352 e. The Morgan fingerprint density at radius 1 is 1.00 bits per heavy atom. The van der Waals surface area contributed by atoms with E-state index in [4.69, 9.17) is 34.8 Å². The molecule has 2 amide bonds. The Labute approximate surface area is 222 Å². The molecule has 0 saturated carbocycles. The van der Waals surface area contributed by atoms with Crippen LogP contribution >= 0.6 is 34.8 Å². The quantitative estimate of drug-likeness (QED) is 0.411. The van der Waals surface area contributed by atoms with Gasteiger partial charge >= 0.3 is 0 Å². The van der Waals surface area contributed by atoms with E-state index < -0.39 is 28.5 Å². The molecule has 0 aliphatic heterocycles. The standard InChI is InChI=1S/C24H30Cl3N3O4S/c1-5-16(3)28-24(32)20(6-2)29(14-17-10-12-18(25)13-11-17)22(31)15-30(35(4,33)34)21-9-7-8-19(26)23(21)27/h7-13,16,20H,5-6,14-15H2,1-4H3,(H,28,32)/t16-,20+/m0/s1. The van der Waals surface area contributed by atoms with E-state index in [1.54, 1.807) is 37.3 Å². The van der Waals surface area contributed by atoms with Crippen LogP contribution in [0.2, 0.25) is 15.1 Å². The summed E-state index contributed by atoms with van der Waals surface area (Å²) < 4.78 is 26.2. The van der Waals surface area contributed by atoms with Gasteiger partial charge in [0.2, 0.25) is 21.8 Å². The molecule has 7 nitrogen and oxygen atoms in total. The zero-order valence-electron chi connectivity index (χ0n) is 20.1. The fraction of sp³-hybridized carbons (Fsp3) is 0.417. The second kappa shape index (κ2) is 12.8. The topological polar surface area (TPSA) is 86.8 Å². The van der Waals surface area contributed by atoms with Gasteiger partial charge in [0.05, 0.1) is 22.0 Å². The zero-order chi connectivity index (χ0) is 26.3. The summed E-state index contributed by atoms with van der Waals surface area (Å²) >= 11 is 18.4. The SMILES string of the molecule is CC[C@H](C(=O)N[C@@H](C)CC)N(Cc1ccc(Cl)cc1)C(=O)CN(c1cccc(Cl)c1Cl)S(C)(=O)=O. The molecule has 11 heteroatoms. The van der Waals surface area contributed by atoms with E-state index in [1.807, 2.05) is 13.8 Å². The number of anilines is 1. The first-order valence-electron chi connectivity index (χ1n) is 11.1. The number of hydrogen-bond donors (Lipinski definition) is 1. The monoisotopic (exact) mass is 561 g/mol. The Kier molecular flexibility index (Phi) is 10.7. The fourth-order valence-corrected chi connectivity index (χ4v) is 4.85. The van der Waals surface area contributed by atoms with Crippen molar-refractivity contribution >= 4 is 62.3 Å². The van der Waals surface area contributed by atoms with Crippen molar-refractivity contribution in [3.05, 3.63) is 63.1 Å². The molecular formula is C24H30Cl3N3O4S. The molecule has 0 radical (unpaired) electrons. The van der Waals surface area contributed by atoms with Crippen molar-refractivity contribution in [2.45, 2.75) is 52.2 Å². The molecule has 0 heterocycles. The summed E-state index contributed by atoms with van der Waals surface area (Å²) in [5.74, 6) is -0.872. The van der Waals surface area contributed by atoms with Crippen molar-refractivity contribution in [3.63, 3.8) is 0 Å². The molecular weight excluding hydrogens is 533 g/mol. The van der Waals surface area contributed by atoms with Crippen LogP contribution in [0.5, 0.6) is 0 Å². The predicted octanol–water partition coefficient (Wildman–Crippen LogP) is 5.13. The third-order valence-electron chi connectivity index (χ3n) is 5.53. The van der Waals surface area contributed by atoms with Gasteiger partial charge in [0.25, 0.3) is 0 Å². The highest BCUT2D eigenvalue weighted by Gasteiger charge is 2.32. The average Bonchev–Trinajstić information content (AvgIpc) is 2.79. The molecule has 2 atom stereocenters. The van der Waals surface area contributed by atoms with Gasteiger partial charge in [-0.3, -0.25) is 13.9 Å². The van der Waals surface area contributed by atoms with Crippen molar-refractivity contribution in [1.82, 2.24) is 10.2 Å². The van der Waals surface area contributed by atoms with Gasteiger partial charge in [0.1, 0.15) is 12.6 Å². The average molecular weight is 563 g/mol. The third kappa shape index (κ3) is 8.00. The molecule has 0 aliphatic rings. The summed E-state index contributed by atoms with van der Waals surface area (Å²) in [7, 11) is -3.92. The highest BCUT2D eigenvalue weighted by atomic mass is 35.5. The van der Waals surface area contributed by atoms with Gasteiger partial charge in [0, 0.05) is 17.6 Å². The molecule has 0 aliphatic carbocycles. The van der Waals surface area contributed by atoms with E-state index in [1.165, 1.54) is 17.0 Å². The van der Waals surface area contributed by atoms with Crippen molar-refractivity contribution in [2.24, 2.45) is 0 Å². The number of sulfonamides is 1. The molecule has 0 saturated heterocycles. The van der Waals surface area contributed by atoms with E-state index in [0.717, 1.165) is 22.5 Å². The first kappa shape index (κ1) is 29.2. The minimum atomic E-state index is -3.92. The van der Waals surface area contributed by atoms with E-state index in [0.29, 0.717) is 11.4 Å². The van der Waals surface area contributed by atoms with Crippen LogP contribution in [-0.4, -0.2) is 50.0 Å². The van der Waals surface area contributed by atoms with Crippen molar-refractivity contribution in [3.8, 4) is 0 Å². The lowest BCUT2D eigenvalue weighted by Crippen LogP contribution is -2.53. The van der Waals surface area contributed by atoms with Crippen LogP contribution in [0, 0.1) is 0 Å². The molecule has 0 aromatic heterocycles. The summed E-state index contributed by atoms with van der Waals surface area (Å²) in [6, 6.07) is 10.5. The molecule has 0 unspecified atom stereocenters. The Morgan fingerprint density at radius 3 is 2.17 bits per heavy atom. The zero-order valence-corrected chi connectivity index (χ0v) is 23.2. The number of benzene rings is 2. The normalized spacial score (nSPS) is 13.1. The number of amides is 2. The maximum Gasteiger partial charge on any atom is 0.244 e. The first-order chi connectivity index (χ1) is 16.4. The molecule has 0 fully saturated rings. The summed E-state index contributed by atoms with van der Waals surface area (Å²) in [6.07, 6.45) is 2.04. The third-order valence-corrected chi connectivity index (χ3v) is 7.72. The highest BCUT2D eigenvalue weighted by molar-refractivity contribution is 7.92. The van der Waals surface area contributed by atoms with Gasteiger partial charge in [-0.05, 0) is 49.6 Å². The number of hydrogen-bond acceptors (Lipinski definition) is 4. The molecule has 0 spiro atoms. The lowest BCUT2D eigenvalue weighted by Gasteiger charge is -2.33. The Balaban J connectivity index is 2.47. The number of nitrogens with one attached hydrogen (secondary N) is 1. The van der Waals surface area contributed by atoms with E-state index >= 15 is 0 Å². The van der Waals surface area contributed by atoms with E-state index in [9.17, 15) is 18.0 Å². The lowest BCUT2D eigenvalue weighted by molar-refractivity contribution is -0.140. The van der Waals surface area contributed by atoms with Crippen LogP contribution in [0.3, 0.4) is 0 Å². The van der Waals surface area contributed by atoms with Crippen LogP contribution < -0.4 is 9.62 Å². The number of carbonyl (C=O) groups is 2. The van der Waals surface area contributed by atoms with Gasteiger partial charge in [0.15, 0.2) is 0 Å². The minimum absolute atomic E-state index is 0.0122. The van der Waals surface area contributed by atoms with Crippen molar-refractivity contribution in [2.75, 3.05) is 17.1 Å². The summed E-state index contributed by atoms with van der Waals surface area (Å²) in [6.45, 7) is 5.15. The number of halogens is 3. The molecule has 2 aromatic carbocycles. The molecule has 2 rings (SSSR count). The summed E-state index contributed by atoms with van der Waals surface area (Å²) in [5.41, 5.74) is 0.822. The maximum atomic E-state index is 13.6. The highest BCUT2D eigenvalue weighted by Crippen LogP contribution is 2.33. The second-order valence-electron chi connectivity index (χ2n) is 8.23. The molecule has 2 aromatic rings. The largest absolute Gasteiger partial charge is 0.352 e. The summed E-state index contributed by atoms with van der Waals surface area (Å²) in [4.78, 5) is 28.1. The van der Waals surface area contributed by atoms with Crippen LogP contribution in [-0.2, 0) is 26.2 Å². The van der Waals surface area contributed by atoms with Gasteiger partial charge in [-0.25, -0.2) is 8.42 Å². The van der Waals surface area contributed by atoms with Crippen molar-refractivity contribution in [1.29, 1.82) is 0 Å². The Morgan fingerprint density at radius 2 is 1.63 bits per heavy atom. The molecule has 192 valence electrons. The van der Waals surface area contributed by atoms with E-state index in [-0.39, 0.29) is 34.2 Å². The van der Waals surface area contributed by atoms with Crippen LogP contribution in [0.1, 0.15) is 39.2 Å². The predicted molar refractivity (Wildman–Crippen MR) is 143 cm³/mol. The number of rotatable bonds is 11. The van der Waals surface area contributed by atoms with Crippen LogP contribution in [0.15, 0.2) is 42.5 Å². The summed E-state index contributed by atoms with van der Waals surface area (Å²) in [5, 5.41) is 3.62. The first-order valence-corrected chi connectivity index (χ1v) is 14.1. The molecule has 1 N–H and O–H groups in total. The van der Waals surface area contributed by atoms with Gasteiger partial charge in [-0.15, -0.1) is 0 Å². The number of carbonyl (C=O) groups excluding carboxylic acids is 2. The van der Waals surface area contributed by atoms with Gasteiger partial charge < -0.3 is 10.2 Å². The molecule has 35 heavy (non-hydrogen) atoms. The van der Waals surface area contributed by atoms with E-state index in [2.05, 4.69) is 5.32 Å². The Bertz CT molecular complexity index is 1140. The number of nitrogens with zero attached hydrogens (tertiary/aromatic N) is 2. The smallest absolute Gasteiger partial charge is 0.244 e. The fourth-order valence-electron chi connectivity index (χ4n) is 3.43. The van der Waals surface area contributed by atoms with Crippen LogP contribution in [0.25, 0.3) is 0 Å². The molecule has 0 bridgehead atoms.